The Morgan fingerprint density at radius 1 is 1.39 bits per heavy atom. The van der Waals surface area contributed by atoms with Crippen molar-refractivity contribution < 1.29 is 9.59 Å². The first-order valence-corrected chi connectivity index (χ1v) is 6.07. The van der Waals surface area contributed by atoms with Crippen molar-refractivity contribution in [2.75, 3.05) is 14.1 Å². The Bertz CT molecular complexity index is 379. The van der Waals surface area contributed by atoms with Crippen LogP contribution in [0.3, 0.4) is 0 Å². The summed E-state index contributed by atoms with van der Waals surface area (Å²) < 4.78 is 0. The summed E-state index contributed by atoms with van der Waals surface area (Å²) in [6, 6.07) is 9.61. The average molecular weight is 248 g/mol. The summed E-state index contributed by atoms with van der Waals surface area (Å²) in [6.07, 6.45) is 1.76. The topological polar surface area (TPSA) is 49.4 Å². The first-order valence-electron chi connectivity index (χ1n) is 6.07. The molecular weight excluding hydrogens is 228 g/mol. The maximum absolute atomic E-state index is 11.9. The number of nitrogens with zero attached hydrogens (tertiary/aromatic N) is 1. The third-order valence-corrected chi connectivity index (χ3v) is 2.89. The lowest BCUT2D eigenvalue weighted by Crippen LogP contribution is -2.31. The van der Waals surface area contributed by atoms with Crippen molar-refractivity contribution in [3.05, 3.63) is 35.9 Å². The van der Waals surface area contributed by atoms with Crippen molar-refractivity contribution in [1.82, 2.24) is 10.2 Å². The zero-order chi connectivity index (χ0) is 13.4. The van der Waals surface area contributed by atoms with E-state index in [0.29, 0.717) is 19.4 Å². The molecule has 0 radical (unpaired) electrons. The molecule has 1 aromatic carbocycles. The number of nitrogens with one attached hydrogen (secondary N) is 1. The Balaban J connectivity index is 2.40. The van der Waals surface area contributed by atoms with E-state index in [9.17, 15) is 9.59 Å². The summed E-state index contributed by atoms with van der Waals surface area (Å²) in [6.45, 7) is 0.602. The Morgan fingerprint density at radius 3 is 2.61 bits per heavy atom. The number of carbonyl (C=O) groups excluding carboxylic acids is 2. The first-order chi connectivity index (χ1) is 8.67. The number of aldehydes is 1. The smallest absolute Gasteiger partial charge is 0.222 e. The van der Waals surface area contributed by atoms with E-state index in [2.05, 4.69) is 5.32 Å². The SMILES string of the molecule is CN[C@H](C=O)CCC(=O)N(C)Cc1ccccc1. The standard InChI is InChI=1S/C14H20N2O2/c1-15-13(11-17)8-9-14(18)16(2)10-12-6-4-3-5-7-12/h3-7,11,13,15H,8-10H2,1-2H3/t13-/m0/s1. The summed E-state index contributed by atoms with van der Waals surface area (Å²) in [5.41, 5.74) is 1.11. The number of carbonyl (C=O) groups is 2. The van der Waals surface area contributed by atoms with Crippen molar-refractivity contribution in [3.63, 3.8) is 0 Å². The molecule has 1 amide bonds. The molecule has 4 nitrogen and oxygen atoms in total. The largest absolute Gasteiger partial charge is 0.341 e. The van der Waals surface area contributed by atoms with E-state index in [1.807, 2.05) is 30.3 Å². The normalized spacial score (nSPS) is 11.9. The van der Waals surface area contributed by atoms with E-state index in [-0.39, 0.29) is 11.9 Å². The Kier molecular flexibility index (Phi) is 6.08. The molecule has 0 heterocycles. The number of hydrogen-bond acceptors (Lipinski definition) is 3. The minimum Gasteiger partial charge on any atom is -0.341 e. The molecule has 0 bridgehead atoms. The highest BCUT2D eigenvalue weighted by Crippen LogP contribution is 2.05. The third kappa shape index (κ3) is 4.67. The molecule has 0 fully saturated rings. The zero-order valence-electron chi connectivity index (χ0n) is 10.9. The fourth-order valence-corrected chi connectivity index (χ4v) is 1.70. The molecule has 18 heavy (non-hydrogen) atoms. The van der Waals surface area contributed by atoms with E-state index < -0.39 is 0 Å². The van der Waals surface area contributed by atoms with Crippen LogP contribution in [-0.4, -0.2) is 37.2 Å². The van der Waals surface area contributed by atoms with Crippen LogP contribution in [0, 0.1) is 0 Å². The van der Waals surface area contributed by atoms with Gasteiger partial charge in [0, 0.05) is 20.0 Å². The molecule has 1 rings (SSSR count). The molecule has 0 aliphatic rings. The van der Waals surface area contributed by atoms with Crippen molar-refractivity contribution >= 4 is 12.2 Å². The van der Waals surface area contributed by atoms with Gasteiger partial charge in [-0.15, -0.1) is 0 Å². The van der Waals surface area contributed by atoms with Crippen LogP contribution in [0.25, 0.3) is 0 Å². The molecule has 1 N–H and O–H groups in total. The van der Waals surface area contributed by atoms with Gasteiger partial charge in [0.15, 0.2) is 0 Å². The van der Waals surface area contributed by atoms with Crippen molar-refractivity contribution in [3.8, 4) is 0 Å². The Labute approximate surface area is 108 Å². The molecule has 0 aliphatic heterocycles. The predicted octanol–water partition coefficient (Wildman–Crippen LogP) is 1.21. The van der Waals surface area contributed by atoms with Crippen LogP contribution in [0.1, 0.15) is 18.4 Å². The lowest BCUT2D eigenvalue weighted by molar-refractivity contribution is -0.130. The molecule has 4 heteroatoms. The van der Waals surface area contributed by atoms with Crippen molar-refractivity contribution in [1.29, 1.82) is 0 Å². The van der Waals surface area contributed by atoms with Gasteiger partial charge in [-0.3, -0.25) is 4.79 Å². The minimum atomic E-state index is -0.237. The second kappa shape index (κ2) is 7.61. The fourth-order valence-electron chi connectivity index (χ4n) is 1.70. The molecule has 0 unspecified atom stereocenters. The van der Waals surface area contributed by atoms with E-state index in [1.165, 1.54) is 0 Å². The molecular formula is C14H20N2O2. The number of rotatable bonds is 7. The highest BCUT2D eigenvalue weighted by molar-refractivity contribution is 5.76. The van der Waals surface area contributed by atoms with Crippen LogP contribution in [0.4, 0.5) is 0 Å². The molecule has 98 valence electrons. The van der Waals surface area contributed by atoms with Crippen LogP contribution < -0.4 is 5.32 Å². The maximum atomic E-state index is 11.9. The van der Waals surface area contributed by atoms with Crippen LogP contribution in [0.2, 0.25) is 0 Å². The fraction of sp³-hybridized carbons (Fsp3) is 0.429. The van der Waals surface area contributed by atoms with Crippen LogP contribution >= 0.6 is 0 Å². The predicted molar refractivity (Wildman–Crippen MR) is 71.1 cm³/mol. The van der Waals surface area contributed by atoms with Gasteiger partial charge in [-0.2, -0.15) is 0 Å². The summed E-state index contributed by atoms with van der Waals surface area (Å²) in [5.74, 6) is 0.0564. The molecule has 0 spiro atoms. The van der Waals surface area contributed by atoms with E-state index in [1.54, 1.807) is 19.0 Å². The molecule has 0 aromatic heterocycles. The Hall–Kier alpha value is -1.68. The van der Waals surface area contributed by atoms with Gasteiger partial charge in [-0.25, -0.2) is 0 Å². The molecule has 1 atom stereocenters. The van der Waals surface area contributed by atoms with Gasteiger partial charge in [-0.05, 0) is 19.0 Å². The van der Waals surface area contributed by atoms with Gasteiger partial charge in [0.25, 0.3) is 0 Å². The second-order valence-electron chi connectivity index (χ2n) is 4.31. The van der Waals surface area contributed by atoms with E-state index in [0.717, 1.165) is 11.8 Å². The zero-order valence-corrected chi connectivity index (χ0v) is 10.9. The number of likely N-dealkylation sites (N-methyl/N-ethyl adjacent to an activating group) is 1. The summed E-state index contributed by atoms with van der Waals surface area (Å²) in [7, 11) is 3.50. The summed E-state index contributed by atoms with van der Waals surface area (Å²) >= 11 is 0. The molecule has 1 aromatic rings. The van der Waals surface area contributed by atoms with Crippen molar-refractivity contribution in [2.45, 2.75) is 25.4 Å². The van der Waals surface area contributed by atoms with Gasteiger partial charge < -0.3 is 15.0 Å². The highest BCUT2D eigenvalue weighted by Gasteiger charge is 2.12. The van der Waals surface area contributed by atoms with Crippen molar-refractivity contribution in [2.24, 2.45) is 0 Å². The average Bonchev–Trinajstić information content (AvgIpc) is 2.40. The van der Waals surface area contributed by atoms with E-state index in [4.69, 9.17) is 0 Å². The molecule has 0 saturated heterocycles. The molecule has 0 aliphatic carbocycles. The van der Waals surface area contributed by atoms with Gasteiger partial charge in [0.05, 0.1) is 6.04 Å². The minimum absolute atomic E-state index is 0.0564. The number of hydrogen-bond donors (Lipinski definition) is 1. The summed E-state index contributed by atoms with van der Waals surface area (Å²) in [5, 5.41) is 2.86. The van der Waals surface area contributed by atoms with Crippen LogP contribution in [0.5, 0.6) is 0 Å². The van der Waals surface area contributed by atoms with Crippen LogP contribution in [-0.2, 0) is 16.1 Å². The quantitative estimate of drug-likeness (QED) is 0.738. The summed E-state index contributed by atoms with van der Waals surface area (Å²) in [4.78, 5) is 24.2. The van der Waals surface area contributed by atoms with E-state index >= 15 is 0 Å². The van der Waals surface area contributed by atoms with Gasteiger partial charge in [0.1, 0.15) is 6.29 Å². The second-order valence-corrected chi connectivity index (χ2v) is 4.31. The lowest BCUT2D eigenvalue weighted by atomic mass is 10.1. The van der Waals surface area contributed by atoms with Gasteiger partial charge >= 0.3 is 0 Å². The van der Waals surface area contributed by atoms with Crippen LogP contribution in [0.15, 0.2) is 30.3 Å². The number of benzene rings is 1. The first kappa shape index (κ1) is 14.4. The monoisotopic (exact) mass is 248 g/mol. The molecule has 0 saturated carbocycles. The Morgan fingerprint density at radius 2 is 2.06 bits per heavy atom. The highest BCUT2D eigenvalue weighted by atomic mass is 16.2. The third-order valence-electron chi connectivity index (χ3n) is 2.89. The maximum Gasteiger partial charge on any atom is 0.222 e. The van der Waals surface area contributed by atoms with Gasteiger partial charge in [0.2, 0.25) is 5.91 Å². The lowest BCUT2D eigenvalue weighted by Gasteiger charge is -2.18. The van der Waals surface area contributed by atoms with Gasteiger partial charge in [-0.1, -0.05) is 30.3 Å². The number of amides is 1.